The molecule has 74 valence electrons. The zero-order valence-corrected chi connectivity index (χ0v) is 7.10. The van der Waals surface area contributed by atoms with Gasteiger partial charge in [-0.3, -0.25) is 5.41 Å². The molecule has 0 aromatic rings. The maximum absolute atomic E-state index is 10.4. The van der Waals surface area contributed by atoms with Crippen LogP contribution in [0.4, 0.5) is 0 Å². The second kappa shape index (κ2) is 4.04. The molecule has 0 aromatic carbocycles. The standard InChI is InChI=1S/C6H12N4O3/c7-6(8)9(10(11)12)4-5-2-1-3-13-5/h5H,1-4H2,(H3,7,8). The van der Waals surface area contributed by atoms with Gasteiger partial charge in [-0.15, -0.1) is 0 Å². The Kier molecular flexibility index (Phi) is 3.02. The first-order valence-corrected chi connectivity index (χ1v) is 3.98. The largest absolute Gasteiger partial charge is 0.376 e. The summed E-state index contributed by atoms with van der Waals surface area (Å²) in [6.45, 7) is 0.691. The van der Waals surface area contributed by atoms with Crippen molar-refractivity contribution in [1.82, 2.24) is 5.01 Å². The van der Waals surface area contributed by atoms with Crippen LogP contribution in [-0.2, 0) is 4.74 Å². The minimum Gasteiger partial charge on any atom is -0.376 e. The Morgan fingerprint density at radius 2 is 2.54 bits per heavy atom. The first-order valence-electron chi connectivity index (χ1n) is 3.98. The van der Waals surface area contributed by atoms with Crippen LogP contribution in [0.3, 0.4) is 0 Å². The molecule has 0 saturated carbocycles. The number of nitrogens with zero attached hydrogens (tertiary/aromatic N) is 2. The summed E-state index contributed by atoms with van der Waals surface area (Å²) in [7, 11) is 0. The average molecular weight is 188 g/mol. The van der Waals surface area contributed by atoms with Crippen molar-refractivity contribution >= 4 is 5.96 Å². The molecule has 1 unspecified atom stereocenters. The molecule has 1 heterocycles. The molecule has 0 aromatic heterocycles. The fourth-order valence-electron chi connectivity index (χ4n) is 1.23. The molecule has 1 aliphatic heterocycles. The van der Waals surface area contributed by atoms with E-state index in [1.165, 1.54) is 0 Å². The number of nitro groups is 1. The monoisotopic (exact) mass is 188 g/mol. The number of guanidine groups is 1. The summed E-state index contributed by atoms with van der Waals surface area (Å²) in [5.74, 6) is -0.555. The highest BCUT2D eigenvalue weighted by atomic mass is 16.7. The highest BCUT2D eigenvalue weighted by Gasteiger charge is 2.26. The molecular weight excluding hydrogens is 176 g/mol. The predicted octanol–water partition coefficient (Wildman–Crippen LogP) is -0.447. The van der Waals surface area contributed by atoms with E-state index in [0.717, 1.165) is 12.8 Å². The van der Waals surface area contributed by atoms with E-state index in [1.54, 1.807) is 0 Å². The number of hydrogen-bond acceptors (Lipinski definition) is 4. The van der Waals surface area contributed by atoms with E-state index < -0.39 is 11.0 Å². The van der Waals surface area contributed by atoms with Crippen LogP contribution < -0.4 is 5.73 Å². The average Bonchev–Trinajstić information content (AvgIpc) is 2.50. The van der Waals surface area contributed by atoms with E-state index >= 15 is 0 Å². The lowest BCUT2D eigenvalue weighted by Gasteiger charge is -2.15. The van der Waals surface area contributed by atoms with Gasteiger partial charge in [0.15, 0.2) is 5.03 Å². The van der Waals surface area contributed by atoms with Crippen molar-refractivity contribution in [2.24, 2.45) is 5.73 Å². The van der Waals surface area contributed by atoms with Crippen LogP contribution in [0.1, 0.15) is 12.8 Å². The van der Waals surface area contributed by atoms with Gasteiger partial charge in [0.1, 0.15) is 6.54 Å². The Balaban J connectivity index is 2.46. The van der Waals surface area contributed by atoms with Crippen LogP contribution in [-0.4, -0.2) is 35.3 Å². The van der Waals surface area contributed by atoms with Gasteiger partial charge in [-0.05, 0) is 12.8 Å². The highest BCUT2D eigenvalue weighted by Crippen LogP contribution is 2.12. The molecule has 7 nitrogen and oxygen atoms in total. The van der Waals surface area contributed by atoms with Crippen LogP contribution in [0.2, 0.25) is 0 Å². The molecule has 1 aliphatic rings. The Bertz CT molecular complexity index is 200. The minimum atomic E-state index is -0.690. The molecule has 1 saturated heterocycles. The van der Waals surface area contributed by atoms with Crippen molar-refractivity contribution < 1.29 is 9.77 Å². The zero-order valence-electron chi connectivity index (χ0n) is 7.10. The molecule has 0 aliphatic carbocycles. The number of rotatable bonds is 3. The summed E-state index contributed by atoms with van der Waals surface area (Å²) in [6, 6.07) is 0. The molecule has 0 spiro atoms. The van der Waals surface area contributed by atoms with Crippen LogP contribution in [0, 0.1) is 15.5 Å². The lowest BCUT2D eigenvalue weighted by Crippen LogP contribution is -2.44. The third kappa shape index (κ3) is 2.55. The van der Waals surface area contributed by atoms with Crippen molar-refractivity contribution in [2.45, 2.75) is 18.9 Å². The molecule has 1 atom stereocenters. The Morgan fingerprint density at radius 1 is 1.85 bits per heavy atom. The molecule has 1 fully saturated rings. The lowest BCUT2D eigenvalue weighted by atomic mass is 10.2. The molecule has 7 heteroatoms. The first-order chi connectivity index (χ1) is 6.11. The molecule has 0 amide bonds. The number of nitrogens with one attached hydrogen (secondary N) is 1. The third-order valence-corrected chi connectivity index (χ3v) is 1.88. The minimum absolute atomic E-state index is 0.0579. The second-order valence-electron chi connectivity index (χ2n) is 2.84. The van der Waals surface area contributed by atoms with E-state index in [2.05, 4.69) is 0 Å². The lowest BCUT2D eigenvalue weighted by molar-refractivity contribution is -0.631. The highest BCUT2D eigenvalue weighted by molar-refractivity contribution is 5.73. The van der Waals surface area contributed by atoms with Gasteiger partial charge in [-0.2, -0.15) is 0 Å². The fraction of sp³-hybridized carbons (Fsp3) is 0.833. The fourth-order valence-corrected chi connectivity index (χ4v) is 1.23. The van der Waals surface area contributed by atoms with E-state index in [-0.39, 0.29) is 12.6 Å². The van der Waals surface area contributed by atoms with E-state index in [0.29, 0.717) is 11.6 Å². The van der Waals surface area contributed by atoms with Gasteiger partial charge in [0.05, 0.1) is 6.10 Å². The summed E-state index contributed by atoms with van der Waals surface area (Å²) < 4.78 is 5.19. The maximum atomic E-state index is 10.4. The number of hydrazine groups is 1. The zero-order chi connectivity index (χ0) is 9.84. The van der Waals surface area contributed by atoms with Crippen LogP contribution in [0.5, 0.6) is 0 Å². The van der Waals surface area contributed by atoms with Crippen LogP contribution >= 0.6 is 0 Å². The summed E-state index contributed by atoms with van der Waals surface area (Å²) in [6.07, 6.45) is 1.53. The van der Waals surface area contributed by atoms with Gasteiger partial charge in [0, 0.05) is 6.61 Å². The number of hydrogen-bond donors (Lipinski definition) is 2. The number of nitrogens with two attached hydrogens (primary N) is 1. The quantitative estimate of drug-likeness (QED) is 0.270. The Hall–Kier alpha value is -1.37. The van der Waals surface area contributed by atoms with Gasteiger partial charge in [-0.25, -0.2) is 10.1 Å². The summed E-state index contributed by atoms with van der Waals surface area (Å²) in [5.41, 5.74) is 5.03. The molecule has 13 heavy (non-hydrogen) atoms. The molecule has 3 N–H and O–H groups in total. The molecule has 0 radical (unpaired) electrons. The van der Waals surface area contributed by atoms with Gasteiger partial charge in [0.2, 0.25) is 0 Å². The van der Waals surface area contributed by atoms with Crippen molar-refractivity contribution in [3.63, 3.8) is 0 Å². The third-order valence-electron chi connectivity index (χ3n) is 1.88. The molecule has 0 bridgehead atoms. The van der Waals surface area contributed by atoms with Crippen LogP contribution in [0.15, 0.2) is 0 Å². The first kappa shape index (κ1) is 9.72. The summed E-state index contributed by atoms with van der Waals surface area (Å²) in [5, 5.41) is 17.2. The van der Waals surface area contributed by atoms with Gasteiger partial charge in [-0.1, -0.05) is 5.01 Å². The van der Waals surface area contributed by atoms with Gasteiger partial charge in [0.25, 0.3) is 5.96 Å². The van der Waals surface area contributed by atoms with E-state index in [1.807, 2.05) is 0 Å². The Morgan fingerprint density at radius 3 is 2.92 bits per heavy atom. The SMILES string of the molecule is N=C(N)N(CC1CCCO1)[N+](=O)[O-]. The van der Waals surface area contributed by atoms with Crippen LogP contribution in [0.25, 0.3) is 0 Å². The van der Waals surface area contributed by atoms with Crippen molar-refractivity contribution in [3.05, 3.63) is 10.1 Å². The second-order valence-corrected chi connectivity index (χ2v) is 2.84. The topological polar surface area (TPSA) is 105 Å². The van der Waals surface area contributed by atoms with Crippen molar-refractivity contribution in [3.8, 4) is 0 Å². The predicted molar refractivity (Wildman–Crippen MR) is 44.6 cm³/mol. The molecular formula is C6H12N4O3. The normalized spacial score (nSPS) is 21.4. The summed E-state index contributed by atoms with van der Waals surface area (Å²) in [4.78, 5) is 10.4. The van der Waals surface area contributed by atoms with Crippen molar-refractivity contribution in [1.29, 1.82) is 5.41 Å². The van der Waals surface area contributed by atoms with Crippen molar-refractivity contribution in [2.75, 3.05) is 13.2 Å². The van der Waals surface area contributed by atoms with E-state index in [9.17, 15) is 10.1 Å². The van der Waals surface area contributed by atoms with Gasteiger partial charge >= 0.3 is 0 Å². The smallest absolute Gasteiger partial charge is 0.252 e. The Labute approximate surface area is 75.1 Å². The van der Waals surface area contributed by atoms with Gasteiger partial charge < -0.3 is 10.5 Å². The van der Waals surface area contributed by atoms with E-state index in [4.69, 9.17) is 15.9 Å². The summed E-state index contributed by atoms with van der Waals surface area (Å²) >= 11 is 0. The maximum Gasteiger partial charge on any atom is 0.252 e. The molecule has 1 rings (SSSR count). The number of ether oxygens (including phenoxy) is 1.